The van der Waals surface area contributed by atoms with Gasteiger partial charge in [-0.2, -0.15) is 5.10 Å². The molecule has 11 heteroatoms. The van der Waals surface area contributed by atoms with Crippen molar-refractivity contribution in [3.8, 4) is 0 Å². The Labute approximate surface area is 216 Å². The SMILES string of the molecule is [C-]#[N+]c1cc(CNC(=O)c2cc(C(=O)N[C@H]3CCc4c3ccc(C(C)=O)c4C)n3ncc(F)c3n2)ccn1. The predicted octanol–water partition coefficient (Wildman–Crippen LogP) is 3.67. The van der Waals surface area contributed by atoms with E-state index in [0.717, 1.165) is 27.4 Å². The molecule has 190 valence electrons. The minimum Gasteiger partial charge on any atom is -0.361 e. The lowest BCUT2D eigenvalue weighted by Crippen LogP contribution is -2.30. The van der Waals surface area contributed by atoms with Gasteiger partial charge >= 0.3 is 0 Å². The summed E-state index contributed by atoms with van der Waals surface area (Å²) in [4.78, 5) is 49.4. The monoisotopic (exact) mass is 511 g/mol. The molecule has 0 bridgehead atoms. The summed E-state index contributed by atoms with van der Waals surface area (Å²) in [5.74, 6) is -1.77. The van der Waals surface area contributed by atoms with Crippen molar-refractivity contribution in [2.45, 2.75) is 39.3 Å². The molecule has 1 aromatic carbocycles. The summed E-state index contributed by atoms with van der Waals surface area (Å²) in [6.07, 6.45) is 3.73. The number of rotatable bonds is 6. The van der Waals surface area contributed by atoms with Crippen LogP contribution < -0.4 is 10.6 Å². The number of halogens is 1. The maximum Gasteiger partial charge on any atom is 0.270 e. The molecule has 3 heterocycles. The zero-order valence-corrected chi connectivity index (χ0v) is 20.6. The van der Waals surface area contributed by atoms with Gasteiger partial charge in [-0.3, -0.25) is 14.4 Å². The molecular formula is C27H22FN7O3. The second-order valence-electron chi connectivity index (χ2n) is 9.00. The highest BCUT2D eigenvalue weighted by atomic mass is 19.1. The highest BCUT2D eigenvalue weighted by Gasteiger charge is 2.28. The van der Waals surface area contributed by atoms with Gasteiger partial charge in [-0.15, -0.1) is 4.98 Å². The van der Waals surface area contributed by atoms with Gasteiger partial charge in [-0.1, -0.05) is 18.7 Å². The first-order valence-corrected chi connectivity index (χ1v) is 11.9. The van der Waals surface area contributed by atoms with Crippen molar-refractivity contribution < 1.29 is 18.8 Å². The quantitative estimate of drug-likeness (QED) is 0.301. The summed E-state index contributed by atoms with van der Waals surface area (Å²) in [5, 5.41) is 9.57. The van der Waals surface area contributed by atoms with Crippen LogP contribution in [0.3, 0.4) is 0 Å². The minimum absolute atomic E-state index is 0.0146. The summed E-state index contributed by atoms with van der Waals surface area (Å²) in [6.45, 7) is 10.6. The van der Waals surface area contributed by atoms with Gasteiger partial charge in [0.2, 0.25) is 0 Å². The van der Waals surface area contributed by atoms with Crippen LogP contribution in [0, 0.1) is 19.3 Å². The number of nitrogens with one attached hydrogen (secondary N) is 2. The maximum atomic E-state index is 14.4. The Kier molecular flexibility index (Phi) is 6.38. The number of fused-ring (bicyclic) bond motifs is 2. The van der Waals surface area contributed by atoms with Gasteiger partial charge in [0.05, 0.1) is 12.2 Å². The molecule has 0 fully saturated rings. The predicted molar refractivity (Wildman–Crippen MR) is 134 cm³/mol. The summed E-state index contributed by atoms with van der Waals surface area (Å²) in [5.41, 5.74) is 3.71. The van der Waals surface area contributed by atoms with E-state index < -0.39 is 17.6 Å². The number of amides is 2. The highest BCUT2D eigenvalue weighted by Crippen LogP contribution is 2.35. The van der Waals surface area contributed by atoms with Crippen LogP contribution in [0.4, 0.5) is 10.2 Å². The topological polar surface area (TPSA) is 123 Å². The molecular weight excluding hydrogens is 489 g/mol. The second-order valence-corrected chi connectivity index (χ2v) is 9.00. The number of hydrogen-bond donors (Lipinski definition) is 2. The summed E-state index contributed by atoms with van der Waals surface area (Å²) in [7, 11) is 0. The Bertz CT molecular complexity index is 1670. The molecule has 5 rings (SSSR count). The second kappa shape index (κ2) is 9.82. The van der Waals surface area contributed by atoms with Crippen LogP contribution in [0.2, 0.25) is 0 Å². The molecule has 0 saturated heterocycles. The zero-order valence-electron chi connectivity index (χ0n) is 20.6. The van der Waals surface area contributed by atoms with Gasteiger partial charge in [-0.05, 0) is 61.1 Å². The molecule has 1 atom stereocenters. The highest BCUT2D eigenvalue weighted by molar-refractivity contribution is 5.99. The molecule has 10 nitrogen and oxygen atoms in total. The number of aromatic nitrogens is 4. The number of benzene rings is 1. The fraction of sp³-hybridized carbons (Fsp3) is 0.222. The average molecular weight is 512 g/mol. The van der Waals surface area contributed by atoms with Gasteiger partial charge in [0.1, 0.15) is 17.6 Å². The van der Waals surface area contributed by atoms with E-state index in [0.29, 0.717) is 24.0 Å². The number of ketones is 1. The molecule has 0 unspecified atom stereocenters. The first-order chi connectivity index (χ1) is 18.3. The summed E-state index contributed by atoms with van der Waals surface area (Å²) >= 11 is 0. The van der Waals surface area contributed by atoms with E-state index in [1.807, 2.05) is 13.0 Å². The van der Waals surface area contributed by atoms with Crippen LogP contribution in [0.25, 0.3) is 10.5 Å². The first-order valence-electron chi connectivity index (χ1n) is 11.9. The Morgan fingerprint density at radius 1 is 1.21 bits per heavy atom. The van der Waals surface area contributed by atoms with Crippen LogP contribution in [-0.2, 0) is 13.0 Å². The van der Waals surface area contributed by atoms with Gasteiger partial charge in [0.25, 0.3) is 17.6 Å². The number of carbonyl (C=O) groups is 3. The Morgan fingerprint density at radius 3 is 2.79 bits per heavy atom. The minimum atomic E-state index is -0.775. The van der Waals surface area contributed by atoms with E-state index in [9.17, 15) is 18.8 Å². The van der Waals surface area contributed by atoms with Gasteiger partial charge in [-0.25, -0.2) is 13.9 Å². The van der Waals surface area contributed by atoms with Gasteiger partial charge < -0.3 is 15.5 Å². The van der Waals surface area contributed by atoms with Gasteiger partial charge in [0, 0.05) is 18.2 Å². The number of hydrogen-bond acceptors (Lipinski definition) is 6. The fourth-order valence-electron chi connectivity index (χ4n) is 4.76. The summed E-state index contributed by atoms with van der Waals surface area (Å²) in [6, 6.07) is 7.76. The third kappa shape index (κ3) is 4.48. The Morgan fingerprint density at radius 2 is 2.03 bits per heavy atom. The van der Waals surface area contributed by atoms with Crippen molar-refractivity contribution in [3.05, 3.63) is 99.2 Å². The third-order valence-electron chi connectivity index (χ3n) is 6.65. The molecule has 1 aliphatic carbocycles. The van der Waals surface area contributed by atoms with Crippen molar-refractivity contribution in [2.24, 2.45) is 0 Å². The number of nitrogens with zero attached hydrogens (tertiary/aromatic N) is 5. The van der Waals surface area contributed by atoms with Crippen molar-refractivity contribution in [1.82, 2.24) is 30.2 Å². The lowest BCUT2D eigenvalue weighted by Gasteiger charge is -2.16. The van der Waals surface area contributed by atoms with Crippen LogP contribution >= 0.6 is 0 Å². The molecule has 2 amide bonds. The van der Waals surface area contributed by atoms with Gasteiger partial charge in [0.15, 0.2) is 17.2 Å². The maximum absolute atomic E-state index is 14.4. The Balaban J connectivity index is 1.41. The standard InChI is InChI=1S/C27H22FN7O3/c1-14-17(15(2)36)4-5-19-18(14)6-7-21(19)34-27(38)23-11-22(33-25-20(28)13-32-35(23)25)26(37)31-12-16-8-9-30-24(10-16)29-3/h4-5,8-11,13,21H,6-7,12H2,1-2H3,(H,31,37)(H,34,38)/t21-/m0/s1. The number of carbonyl (C=O) groups excluding carboxylic acids is 3. The van der Waals surface area contributed by atoms with Crippen LogP contribution in [-0.4, -0.2) is 37.2 Å². The molecule has 0 radical (unpaired) electrons. The zero-order chi connectivity index (χ0) is 27.0. The lowest BCUT2D eigenvalue weighted by atomic mass is 9.96. The molecule has 0 saturated carbocycles. The van der Waals surface area contributed by atoms with Crippen molar-refractivity contribution in [1.29, 1.82) is 0 Å². The third-order valence-corrected chi connectivity index (χ3v) is 6.65. The molecule has 2 N–H and O–H groups in total. The smallest absolute Gasteiger partial charge is 0.270 e. The molecule has 1 aliphatic rings. The van der Waals surface area contributed by atoms with E-state index in [2.05, 4.69) is 30.5 Å². The first kappa shape index (κ1) is 24.7. The van der Waals surface area contributed by atoms with Crippen molar-refractivity contribution in [2.75, 3.05) is 0 Å². The van der Waals surface area contributed by atoms with Crippen LogP contribution in [0.15, 0.2) is 42.7 Å². The largest absolute Gasteiger partial charge is 0.361 e. The molecule has 0 aliphatic heterocycles. The van der Waals surface area contributed by atoms with E-state index in [1.54, 1.807) is 18.2 Å². The van der Waals surface area contributed by atoms with E-state index in [4.69, 9.17) is 6.57 Å². The van der Waals surface area contributed by atoms with Crippen molar-refractivity contribution >= 4 is 29.1 Å². The van der Waals surface area contributed by atoms with Crippen LogP contribution in [0.5, 0.6) is 0 Å². The molecule has 0 spiro atoms. The summed E-state index contributed by atoms with van der Waals surface area (Å²) < 4.78 is 15.5. The van der Waals surface area contributed by atoms with Crippen LogP contribution in [0.1, 0.15) is 73.0 Å². The Hall–Kier alpha value is -4.98. The number of pyridine rings is 1. The van der Waals surface area contributed by atoms with Crippen molar-refractivity contribution in [3.63, 3.8) is 0 Å². The van der Waals surface area contributed by atoms with E-state index >= 15 is 0 Å². The molecule has 3 aromatic heterocycles. The normalized spacial score (nSPS) is 14.1. The number of Topliss-reactive ketones (excluding diaryl/α,β-unsaturated/α-hetero) is 1. The average Bonchev–Trinajstić information content (AvgIpc) is 3.50. The van der Waals surface area contributed by atoms with E-state index in [-0.39, 0.29) is 41.2 Å². The molecule has 38 heavy (non-hydrogen) atoms. The lowest BCUT2D eigenvalue weighted by molar-refractivity contribution is 0.0927. The molecule has 4 aromatic rings. The fourth-order valence-corrected chi connectivity index (χ4v) is 4.76. The van der Waals surface area contributed by atoms with E-state index in [1.165, 1.54) is 19.2 Å².